The fraction of sp³-hybridized carbons (Fsp3) is 0.414. The molecule has 6 rings (SSSR count). The smallest absolute Gasteiger partial charge is 0.490 e. The van der Waals surface area contributed by atoms with Crippen molar-refractivity contribution in [3.8, 4) is 16.9 Å². The molecule has 40 heavy (non-hydrogen) atoms. The number of hydrogen-bond donors (Lipinski definition) is 2. The monoisotopic (exact) mass is 557 g/mol. The maximum Gasteiger partial charge on any atom is 0.490 e. The van der Waals surface area contributed by atoms with Crippen LogP contribution in [0.15, 0.2) is 54.7 Å². The third kappa shape index (κ3) is 6.37. The van der Waals surface area contributed by atoms with Crippen LogP contribution in [0.3, 0.4) is 0 Å². The highest BCUT2D eigenvalue weighted by molar-refractivity contribution is 5.84. The number of phenolic OH excluding ortho intramolecular Hbond substituents is 1. The van der Waals surface area contributed by atoms with E-state index in [1.807, 2.05) is 18.2 Å². The molecule has 1 aliphatic carbocycles. The first kappa shape index (κ1) is 27.9. The van der Waals surface area contributed by atoms with Crippen LogP contribution in [-0.2, 0) is 20.9 Å². The van der Waals surface area contributed by atoms with Gasteiger partial charge in [0.25, 0.3) is 0 Å². The van der Waals surface area contributed by atoms with Crippen molar-refractivity contribution in [3.63, 3.8) is 0 Å². The maximum atomic E-state index is 12.2. The molecule has 11 heteroatoms. The molecule has 2 saturated heterocycles. The van der Waals surface area contributed by atoms with E-state index in [-0.39, 0.29) is 18.1 Å². The number of benzene rings is 2. The van der Waals surface area contributed by atoms with Crippen LogP contribution < -0.4 is 0 Å². The third-order valence-corrected chi connectivity index (χ3v) is 7.70. The van der Waals surface area contributed by atoms with Crippen molar-refractivity contribution < 1.29 is 37.7 Å². The van der Waals surface area contributed by atoms with E-state index in [0.29, 0.717) is 18.3 Å². The number of alkyl halides is 3. The lowest BCUT2D eigenvalue weighted by atomic mass is 9.89. The van der Waals surface area contributed by atoms with E-state index in [0.717, 1.165) is 72.9 Å². The van der Waals surface area contributed by atoms with Crippen molar-refractivity contribution >= 4 is 22.8 Å². The zero-order valence-corrected chi connectivity index (χ0v) is 21.7. The van der Waals surface area contributed by atoms with Gasteiger partial charge >= 0.3 is 12.1 Å². The Kier molecular flexibility index (Phi) is 7.70. The molecule has 2 N–H and O–H groups in total. The first-order valence-corrected chi connectivity index (χ1v) is 13.2. The van der Waals surface area contributed by atoms with Crippen LogP contribution in [0.5, 0.6) is 5.75 Å². The van der Waals surface area contributed by atoms with Gasteiger partial charge in [0.1, 0.15) is 12.4 Å². The average Bonchev–Trinajstić information content (AvgIpc) is 3.78. The summed E-state index contributed by atoms with van der Waals surface area (Å²) in [5.74, 6) is -2.28. The number of aromatic nitrogens is 1. The Labute approximate surface area is 229 Å². The Bertz CT molecular complexity index is 1400. The predicted molar refractivity (Wildman–Crippen MR) is 140 cm³/mol. The highest BCUT2D eigenvalue weighted by Gasteiger charge is 2.46. The summed E-state index contributed by atoms with van der Waals surface area (Å²) in [6.07, 6.45) is 0.839. The standard InChI is InChI=1S/C27H29N3O3.C2HF3O2/c31-25-15-21(20-4-3-19-2-1-11-28-24(19)14-20)5-6-22(25)16-29-12-9-27(10-13-29)18-30(23-7-8-23)26(32)17-33-27;3-2(4,5)1(6)7/h1-6,11,14-15,23,31H,7-10,12-13,16-18H2;(H,6,7). The zero-order valence-electron chi connectivity index (χ0n) is 21.7. The molecule has 8 nitrogen and oxygen atoms in total. The fourth-order valence-electron chi connectivity index (χ4n) is 5.25. The number of ether oxygens (including phenoxy) is 1. The number of halogens is 3. The maximum absolute atomic E-state index is 12.2. The Morgan fingerprint density at radius 2 is 1.75 bits per heavy atom. The molecule has 0 atom stereocenters. The molecule has 3 aromatic rings. The second-order valence-corrected chi connectivity index (χ2v) is 10.6. The van der Waals surface area contributed by atoms with Crippen molar-refractivity contribution in [1.82, 2.24) is 14.8 Å². The van der Waals surface area contributed by atoms with Gasteiger partial charge in [0.05, 0.1) is 17.7 Å². The minimum atomic E-state index is -5.08. The minimum Gasteiger partial charge on any atom is -0.508 e. The Morgan fingerprint density at radius 3 is 2.40 bits per heavy atom. The first-order chi connectivity index (χ1) is 19.0. The van der Waals surface area contributed by atoms with Gasteiger partial charge < -0.3 is 19.8 Å². The Hall–Kier alpha value is -3.70. The molecule has 212 valence electrons. The van der Waals surface area contributed by atoms with Gasteiger partial charge in [0.15, 0.2) is 0 Å². The third-order valence-electron chi connectivity index (χ3n) is 7.70. The Balaban J connectivity index is 0.000000411. The zero-order chi connectivity index (χ0) is 28.5. The van der Waals surface area contributed by atoms with E-state index in [2.05, 4.69) is 45.1 Å². The van der Waals surface area contributed by atoms with Gasteiger partial charge in [-0.2, -0.15) is 13.2 Å². The van der Waals surface area contributed by atoms with E-state index in [4.69, 9.17) is 14.6 Å². The van der Waals surface area contributed by atoms with Crippen LogP contribution in [0.4, 0.5) is 13.2 Å². The van der Waals surface area contributed by atoms with Gasteiger partial charge in [-0.1, -0.05) is 30.3 Å². The molecule has 2 aliphatic heterocycles. The molecule has 1 aromatic heterocycles. The van der Waals surface area contributed by atoms with Crippen LogP contribution in [0, 0.1) is 0 Å². The number of pyridine rings is 1. The summed E-state index contributed by atoms with van der Waals surface area (Å²) >= 11 is 0. The van der Waals surface area contributed by atoms with E-state index >= 15 is 0 Å². The molecule has 2 aromatic carbocycles. The molecular formula is C29H30F3N3O5. The normalized spacial score (nSPS) is 19.4. The van der Waals surface area contributed by atoms with Crippen LogP contribution in [-0.4, -0.2) is 80.9 Å². The van der Waals surface area contributed by atoms with E-state index in [9.17, 15) is 23.1 Å². The number of amides is 1. The molecule has 1 spiro atoms. The number of morpholine rings is 1. The second-order valence-electron chi connectivity index (χ2n) is 10.6. The van der Waals surface area contributed by atoms with Gasteiger partial charge in [0.2, 0.25) is 5.91 Å². The molecule has 0 bridgehead atoms. The van der Waals surface area contributed by atoms with E-state index in [1.165, 1.54) is 0 Å². The summed E-state index contributed by atoms with van der Waals surface area (Å²) in [4.78, 5) is 30.0. The molecule has 3 aliphatic rings. The molecule has 0 unspecified atom stereocenters. The van der Waals surface area contributed by atoms with E-state index < -0.39 is 12.1 Å². The van der Waals surface area contributed by atoms with Crippen molar-refractivity contribution in [2.75, 3.05) is 26.2 Å². The van der Waals surface area contributed by atoms with Crippen molar-refractivity contribution in [1.29, 1.82) is 0 Å². The quantitative estimate of drug-likeness (QED) is 0.484. The minimum absolute atomic E-state index is 0.151. The molecular weight excluding hydrogens is 527 g/mol. The molecule has 3 fully saturated rings. The summed E-state index contributed by atoms with van der Waals surface area (Å²) in [5, 5.41) is 19.0. The highest BCUT2D eigenvalue weighted by Crippen LogP contribution is 2.37. The number of hydrogen-bond acceptors (Lipinski definition) is 6. The summed E-state index contributed by atoms with van der Waals surface area (Å²) < 4.78 is 37.8. The summed E-state index contributed by atoms with van der Waals surface area (Å²) in [5.41, 5.74) is 3.73. The number of aliphatic carboxylic acids is 1. The van der Waals surface area contributed by atoms with Crippen LogP contribution in [0.1, 0.15) is 31.2 Å². The Morgan fingerprint density at radius 1 is 1.07 bits per heavy atom. The van der Waals surface area contributed by atoms with Crippen LogP contribution in [0.25, 0.3) is 22.0 Å². The number of carboxylic acids is 1. The van der Waals surface area contributed by atoms with Crippen LogP contribution in [0.2, 0.25) is 0 Å². The first-order valence-electron chi connectivity index (χ1n) is 13.2. The van der Waals surface area contributed by atoms with Gasteiger partial charge in [-0.25, -0.2) is 4.79 Å². The number of fused-ring (bicyclic) bond motifs is 1. The molecule has 0 radical (unpaired) electrons. The van der Waals surface area contributed by atoms with Crippen molar-refractivity contribution in [3.05, 3.63) is 60.3 Å². The summed E-state index contributed by atoms with van der Waals surface area (Å²) in [7, 11) is 0. The number of likely N-dealkylation sites (tertiary alicyclic amines) is 1. The number of piperidine rings is 1. The lowest BCUT2D eigenvalue weighted by Crippen LogP contribution is -2.59. The van der Waals surface area contributed by atoms with Crippen molar-refractivity contribution in [2.24, 2.45) is 0 Å². The number of nitrogens with zero attached hydrogens (tertiary/aromatic N) is 3. The van der Waals surface area contributed by atoms with Gasteiger partial charge in [-0.3, -0.25) is 14.7 Å². The number of aromatic hydroxyl groups is 1. The largest absolute Gasteiger partial charge is 0.508 e. The number of carboxylic acid groups (broad SMARTS) is 1. The lowest BCUT2D eigenvalue weighted by molar-refractivity contribution is -0.192. The fourth-order valence-corrected chi connectivity index (χ4v) is 5.25. The van der Waals surface area contributed by atoms with Gasteiger partial charge in [-0.05, 0) is 55.0 Å². The predicted octanol–water partition coefficient (Wildman–Crippen LogP) is 4.60. The van der Waals surface area contributed by atoms with Crippen LogP contribution >= 0.6 is 0 Å². The number of rotatable bonds is 4. The van der Waals surface area contributed by atoms with Gasteiger partial charge in [-0.15, -0.1) is 0 Å². The average molecular weight is 558 g/mol. The van der Waals surface area contributed by atoms with E-state index in [1.54, 1.807) is 6.20 Å². The number of phenols is 1. The van der Waals surface area contributed by atoms with Crippen molar-refractivity contribution in [2.45, 2.75) is 50.0 Å². The second kappa shape index (κ2) is 11.1. The SMILES string of the molecule is O=C(O)C(F)(F)F.O=C1COC2(CCN(Cc3ccc(-c4ccc5cccnc5c4)cc3O)CC2)CN1C1CC1. The lowest BCUT2D eigenvalue weighted by Gasteiger charge is -2.47. The summed E-state index contributed by atoms with van der Waals surface area (Å²) in [6, 6.07) is 16.6. The topological polar surface area (TPSA) is 103 Å². The molecule has 1 amide bonds. The summed E-state index contributed by atoms with van der Waals surface area (Å²) in [6.45, 7) is 3.50. The number of carbonyl (C=O) groups is 2. The highest BCUT2D eigenvalue weighted by atomic mass is 19.4. The molecule has 1 saturated carbocycles. The molecule has 3 heterocycles. The number of carbonyl (C=O) groups excluding carboxylic acids is 1. The van der Waals surface area contributed by atoms with Gasteiger partial charge in [0, 0.05) is 42.8 Å².